The molecule has 0 amide bonds. The van der Waals surface area contributed by atoms with Crippen molar-refractivity contribution in [3.63, 3.8) is 0 Å². The Bertz CT molecular complexity index is 361. The first-order valence-electron chi connectivity index (χ1n) is 4.66. The van der Waals surface area contributed by atoms with Gasteiger partial charge in [0.1, 0.15) is 11.3 Å². The molecule has 1 N–H and O–H groups in total. The Morgan fingerprint density at radius 1 is 1.53 bits per heavy atom. The Morgan fingerprint density at radius 2 is 2.20 bits per heavy atom. The number of benzene rings is 1. The first-order valence-corrected chi connectivity index (χ1v) is 5.74. The third-order valence-electron chi connectivity index (χ3n) is 1.74. The molecule has 1 aromatic rings. The number of hydrogen-bond donors (Lipinski definition) is 1. The maximum absolute atomic E-state index is 10.9. The Morgan fingerprint density at radius 3 is 2.73 bits per heavy atom. The molecule has 0 spiro atoms. The van der Waals surface area contributed by atoms with Crippen molar-refractivity contribution in [3.05, 3.63) is 27.3 Å². The van der Waals surface area contributed by atoms with Crippen molar-refractivity contribution >= 4 is 28.6 Å². The molecule has 0 radical (unpaired) electrons. The molecule has 0 fully saturated rings. The van der Waals surface area contributed by atoms with Gasteiger partial charge in [-0.15, -0.1) is 0 Å². The van der Waals surface area contributed by atoms with E-state index < -0.39 is 5.97 Å². The van der Waals surface area contributed by atoms with Crippen LogP contribution in [0.4, 0.5) is 0 Å². The second-order valence-electron chi connectivity index (χ2n) is 3.65. The van der Waals surface area contributed by atoms with Crippen LogP contribution in [-0.2, 0) is 0 Å². The van der Waals surface area contributed by atoms with Crippen LogP contribution < -0.4 is 4.74 Å². The summed E-state index contributed by atoms with van der Waals surface area (Å²) in [5.74, 6) is -0.130. The molecule has 0 aliphatic heterocycles. The van der Waals surface area contributed by atoms with Gasteiger partial charge >= 0.3 is 5.97 Å². The number of halogens is 1. The zero-order chi connectivity index (χ0) is 11.4. The summed E-state index contributed by atoms with van der Waals surface area (Å²) >= 11 is 2.08. The lowest BCUT2D eigenvalue weighted by molar-refractivity contribution is 0.0691. The van der Waals surface area contributed by atoms with E-state index in [-0.39, 0.29) is 5.56 Å². The molecule has 15 heavy (non-hydrogen) atoms. The molecule has 0 bridgehead atoms. The second-order valence-corrected chi connectivity index (χ2v) is 4.90. The van der Waals surface area contributed by atoms with Crippen LogP contribution in [0.5, 0.6) is 5.75 Å². The van der Waals surface area contributed by atoms with Crippen molar-refractivity contribution in [2.45, 2.75) is 13.8 Å². The SMILES string of the molecule is CC(C)COc1ccc(I)cc1C(=O)O. The van der Waals surface area contributed by atoms with Crippen LogP contribution in [-0.4, -0.2) is 17.7 Å². The minimum absolute atomic E-state index is 0.225. The van der Waals surface area contributed by atoms with Crippen LogP contribution in [0.2, 0.25) is 0 Å². The molecule has 0 saturated heterocycles. The maximum Gasteiger partial charge on any atom is 0.339 e. The standard InChI is InChI=1S/C11H13IO3/c1-7(2)6-15-10-4-3-8(12)5-9(10)11(13)14/h3-5,7H,6H2,1-2H3,(H,13,14). The fourth-order valence-corrected chi connectivity index (χ4v) is 1.54. The molecule has 0 aliphatic carbocycles. The number of ether oxygens (including phenoxy) is 1. The Balaban J connectivity index is 2.91. The van der Waals surface area contributed by atoms with Gasteiger partial charge in [-0.3, -0.25) is 0 Å². The lowest BCUT2D eigenvalue weighted by Crippen LogP contribution is -2.08. The molecule has 0 aliphatic rings. The highest BCUT2D eigenvalue weighted by molar-refractivity contribution is 14.1. The normalized spacial score (nSPS) is 10.4. The highest BCUT2D eigenvalue weighted by atomic mass is 127. The summed E-state index contributed by atoms with van der Waals surface area (Å²) in [5, 5.41) is 8.97. The molecule has 0 unspecified atom stereocenters. The molecule has 0 heterocycles. The lowest BCUT2D eigenvalue weighted by atomic mass is 10.2. The molecule has 1 aromatic carbocycles. The number of hydrogen-bond acceptors (Lipinski definition) is 2. The van der Waals surface area contributed by atoms with Crippen molar-refractivity contribution in [3.8, 4) is 5.75 Å². The predicted molar refractivity (Wildman–Crippen MR) is 66.5 cm³/mol. The molecule has 0 atom stereocenters. The summed E-state index contributed by atoms with van der Waals surface area (Å²) in [5.41, 5.74) is 0.225. The van der Waals surface area contributed by atoms with Crippen LogP contribution in [0, 0.1) is 9.49 Å². The van der Waals surface area contributed by atoms with Crippen LogP contribution in [0.1, 0.15) is 24.2 Å². The Hall–Kier alpha value is -0.780. The summed E-state index contributed by atoms with van der Waals surface area (Å²) in [6.07, 6.45) is 0. The molecule has 82 valence electrons. The van der Waals surface area contributed by atoms with Gasteiger partial charge in [0.2, 0.25) is 0 Å². The van der Waals surface area contributed by atoms with Gasteiger partial charge in [-0.1, -0.05) is 13.8 Å². The van der Waals surface area contributed by atoms with Crippen molar-refractivity contribution in [1.29, 1.82) is 0 Å². The van der Waals surface area contributed by atoms with E-state index in [0.29, 0.717) is 18.3 Å². The highest BCUT2D eigenvalue weighted by Gasteiger charge is 2.11. The lowest BCUT2D eigenvalue weighted by Gasteiger charge is -2.11. The summed E-state index contributed by atoms with van der Waals surface area (Å²) in [7, 11) is 0. The van der Waals surface area contributed by atoms with Crippen LogP contribution in [0.3, 0.4) is 0 Å². The van der Waals surface area contributed by atoms with Crippen LogP contribution >= 0.6 is 22.6 Å². The molecular weight excluding hydrogens is 307 g/mol. The van der Waals surface area contributed by atoms with Gasteiger partial charge in [0.25, 0.3) is 0 Å². The molecule has 0 aromatic heterocycles. The zero-order valence-corrected chi connectivity index (χ0v) is 10.8. The summed E-state index contributed by atoms with van der Waals surface area (Å²) in [6, 6.07) is 5.15. The van der Waals surface area contributed by atoms with Crippen molar-refractivity contribution in [2.75, 3.05) is 6.61 Å². The minimum Gasteiger partial charge on any atom is -0.492 e. The van der Waals surface area contributed by atoms with E-state index >= 15 is 0 Å². The fraction of sp³-hybridized carbons (Fsp3) is 0.364. The van der Waals surface area contributed by atoms with Gasteiger partial charge in [-0.05, 0) is 46.7 Å². The van der Waals surface area contributed by atoms with Gasteiger partial charge in [0, 0.05) is 3.57 Å². The molecule has 0 saturated carbocycles. The summed E-state index contributed by atoms with van der Waals surface area (Å²) in [6.45, 7) is 4.57. The first-order chi connectivity index (χ1) is 7.00. The van der Waals surface area contributed by atoms with E-state index in [9.17, 15) is 4.79 Å². The number of aromatic carboxylic acids is 1. The van der Waals surface area contributed by atoms with Gasteiger partial charge in [0.15, 0.2) is 0 Å². The summed E-state index contributed by atoms with van der Waals surface area (Å²) < 4.78 is 6.32. The van der Waals surface area contributed by atoms with Crippen LogP contribution in [0.25, 0.3) is 0 Å². The smallest absolute Gasteiger partial charge is 0.339 e. The zero-order valence-electron chi connectivity index (χ0n) is 8.66. The average Bonchev–Trinajstić information content (AvgIpc) is 2.15. The molecule has 1 rings (SSSR count). The first kappa shape index (κ1) is 12.3. The van der Waals surface area contributed by atoms with E-state index in [2.05, 4.69) is 22.6 Å². The van der Waals surface area contributed by atoms with E-state index in [4.69, 9.17) is 9.84 Å². The van der Waals surface area contributed by atoms with Crippen molar-refractivity contribution in [2.24, 2.45) is 5.92 Å². The average molecular weight is 320 g/mol. The molecular formula is C11H13IO3. The second kappa shape index (κ2) is 5.34. The van der Waals surface area contributed by atoms with Crippen molar-refractivity contribution in [1.82, 2.24) is 0 Å². The van der Waals surface area contributed by atoms with E-state index in [0.717, 1.165) is 3.57 Å². The minimum atomic E-state index is -0.952. The number of rotatable bonds is 4. The van der Waals surface area contributed by atoms with E-state index in [1.54, 1.807) is 12.1 Å². The summed E-state index contributed by atoms with van der Waals surface area (Å²) in [4.78, 5) is 10.9. The predicted octanol–water partition coefficient (Wildman–Crippen LogP) is 3.02. The number of carboxylic acid groups (broad SMARTS) is 1. The van der Waals surface area contributed by atoms with Gasteiger partial charge < -0.3 is 9.84 Å². The van der Waals surface area contributed by atoms with Crippen molar-refractivity contribution < 1.29 is 14.6 Å². The van der Waals surface area contributed by atoms with E-state index in [1.165, 1.54) is 0 Å². The number of carbonyl (C=O) groups is 1. The van der Waals surface area contributed by atoms with Gasteiger partial charge in [-0.25, -0.2) is 4.79 Å². The number of carboxylic acids is 1. The van der Waals surface area contributed by atoms with E-state index in [1.807, 2.05) is 19.9 Å². The maximum atomic E-state index is 10.9. The molecule has 4 heteroatoms. The topological polar surface area (TPSA) is 46.5 Å². The van der Waals surface area contributed by atoms with Gasteiger partial charge in [-0.2, -0.15) is 0 Å². The molecule has 3 nitrogen and oxygen atoms in total. The largest absolute Gasteiger partial charge is 0.492 e. The monoisotopic (exact) mass is 320 g/mol. The highest BCUT2D eigenvalue weighted by Crippen LogP contribution is 2.21. The third-order valence-corrected chi connectivity index (χ3v) is 2.42. The van der Waals surface area contributed by atoms with Crippen LogP contribution in [0.15, 0.2) is 18.2 Å². The Kier molecular flexibility index (Phi) is 4.38. The third kappa shape index (κ3) is 3.70. The Labute approximate surface area is 103 Å². The quantitative estimate of drug-likeness (QED) is 0.868. The fourth-order valence-electron chi connectivity index (χ4n) is 1.05. The van der Waals surface area contributed by atoms with Gasteiger partial charge in [0.05, 0.1) is 6.61 Å².